The van der Waals surface area contributed by atoms with E-state index in [9.17, 15) is 4.79 Å². The second kappa shape index (κ2) is 11.7. The number of rotatable bonds is 10. The minimum atomic E-state index is -2.02. The average molecular weight is 471 g/mol. The lowest BCUT2D eigenvalue weighted by molar-refractivity contribution is -0.137. The zero-order valence-electron chi connectivity index (χ0n) is 22.3. The molecule has 2 atom stereocenters. The zero-order chi connectivity index (χ0) is 24.8. The van der Waals surface area contributed by atoms with Gasteiger partial charge in [0.15, 0.2) is 8.32 Å². The summed E-state index contributed by atoms with van der Waals surface area (Å²) in [6.07, 6.45) is 9.08. The third-order valence-corrected chi connectivity index (χ3v) is 11.9. The normalized spacial score (nSPS) is 19.2. The van der Waals surface area contributed by atoms with E-state index in [2.05, 4.69) is 85.5 Å². The van der Waals surface area contributed by atoms with Gasteiger partial charge in [-0.05, 0) is 75.2 Å². The molecule has 1 aliphatic rings. The third kappa shape index (κ3) is 7.68. The lowest BCUT2D eigenvalue weighted by atomic mass is 9.74. The molecular formula is C29H46O3Si. The molecule has 1 aromatic rings. The van der Waals surface area contributed by atoms with Gasteiger partial charge in [-0.3, -0.25) is 0 Å². The summed E-state index contributed by atoms with van der Waals surface area (Å²) in [6, 6.07) is 6.47. The molecule has 1 aliphatic carbocycles. The van der Waals surface area contributed by atoms with E-state index in [1.165, 1.54) is 29.6 Å². The van der Waals surface area contributed by atoms with E-state index >= 15 is 0 Å². The van der Waals surface area contributed by atoms with E-state index in [0.717, 1.165) is 31.2 Å². The fourth-order valence-electron chi connectivity index (χ4n) is 4.21. The maximum absolute atomic E-state index is 12.9. The molecule has 184 valence electrons. The fraction of sp³-hybridized carbons (Fsp3) is 0.621. The Kier molecular flexibility index (Phi) is 9.75. The number of hydrogen-bond donors (Lipinski definition) is 0. The van der Waals surface area contributed by atoms with Crippen molar-refractivity contribution >= 4 is 14.3 Å². The van der Waals surface area contributed by atoms with Gasteiger partial charge in [0.05, 0.1) is 0 Å². The number of benzene rings is 1. The zero-order valence-corrected chi connectivity index (χ0v) is 23.3. The molecule has 0 radical (unpaired) electrons. The van der Waals surface area contributed by atoms with Gasteiger partial charge in [-0.2, -0.15) is 0 Å². The molecule has 0 aliphatic heterocycles. The van der Waals surface area contributed by atoms with Gasteiger partial charge in [0.2, 0.25) is 0 Å². The van der Waals surface area contributed by atoms with Crippen LogP contribution in [0.5, 0.6) is 5.75 Å². The molecule has 3 nitrogen and oxygen atoms in total. The smallest absolute Gasteiger partial charge is 0.336 e. The highest BCUT2D eigenvalue weighted by molar-refractivity contribution is 6.74. The first-order chi connectivity index (χ1) is 15.4. The quantitative estimate of drug-likeness (QED) is 0.113. The highest BCUT2D eigenvalue weighted by Gasteiger charge is 2.38. The predicted octanol–water partition coefficient (Wildman–Crippen LogP) is 8.36. The van der Waals surface area contributed by atoms with Crippen LogP contribution in [-0.2, 0) is 15.6 Å². The summed E-state index contributed by atoms with van der Waals surface area (Å²) in [7, 11) is -2.02. The van der Waals surface area contributed by atoms with Crippen molar-refractivity contribution in [2.75, 3.05) is 6.61 Å². The van der Waals surface area contributed by atoms with Crippen molar-refractivity contribution in [2.45, 2.75) is 104 Å². The van der Waals surface area contributed by atoms with Gasteiger partial charge < -0.3 is 9.16 Å². The molecule has 0 heterocycles. The maximum Gasteiger partial charge on any atom is 0.336 e. The Balaban J connectivity index is 2.32. The van der Waals surface area contributed by atoms with Gasteiger partial charge in [0, 0.05) is 11.5 Å². The molecule has 0 amide bonds. The molecule has 33 heavy (non-hydrogen) atoms. The number of ether oxygens (including phenoxy) is 1. The van der Waals surface area contributed by atoms with Crippen LogP contribution < -0.4 is 4.74 Å². The monoisotopic (exact) mass is 470 g/mol. The van der Waals surface area contributed by atoms with Gasteiger partial charge in [0.1, 0.15) is 12.4 Å². The van der Waals surface area contributed by atoms with Crippen molar-refractivity contribution < 1.29 is 14.0 Å². The van der Waals surface area contributed by atoms with Gasteiger partial charge in [-0.25, -0.2) is 4.79 Å². The summed E-state index contributed by atoms with van der Waals surface area (Å²) >= 11 is 0. The minimum absolute atomic E-state index is 0.000553. The first-order valence-electron chi connectivity index (χ1n) is 12.7. The molecule has 0 unspecified atom stereocenters. The molecular weight excluding hydrogens is 424 g/mol. The van der Waals surface area contributed by atoms with E-state index < -0.39 is 8.32 Å². The molecule has 4 heteroatoms. The molecule has 1 aromatic carbocycles. The molecule has 0 aromatic heterocycles. The topological polar surface area (TPSA) is 35.5 Å². The first kappa shape index (κ1) is 27.6. The summed E-state index contributed by atoms with van der Waals surface area (Å²) in [5.74, 6) is 0.927. The van der Waals surface area contributed by atoms with E-state index in [-0.39, 0.29) is 23.5 Å². The number of carbonyl (C=O) groups excluding carboxylic acids is 1. The van der Waals surface area contributed by atoms with Crippen LogP contribution in [0.2, 0.25) is 18.1 Å². The fourth-order valence-corrected chi connectivity index (χ4v) is 5.13. The van der Waals surface area contributed by atoms with Crippen LogP contribution in [0.15, 0.2) is 42.0 Å². The number of carbonyl (C=O) groups is 1. The summed E-state index contributed by atoms with van der Waals surface area (Å²) in [5, 5.41) is 0.0523. The van der Waals surface area contributed by atoms with Crippen molar-refractivity contribution in [1.82, 2.24) is 0 Å². The van der Waals surface area contributed by atoms with Crippen LogP contribution in [0.1, 0.15) is 90.7 Å². The molecule has 0 N–H and O–H groups in total. The Labute approximate surface area is 203 Å². The lowest BCUT2D eigenvalue weighted by Gasteiger charge is -2.35. The minimum Gasteiger partial charge on any atom is -0.425 e. The summed E-state index contributed by atoms with van der Waals surface area (Å²) in [6.45, 7) is 21.6. The molecule has 0 bridgehead atoms. The van der Waals surface area contributed by atoms with Crippen LogP contribution >= 0.6 is 0 Å². The van der Waals surface area contributed by atoms with E-state index in [1.807, 2.05) is 0 Å². The second-order valence-electron chi connectivity index (χ2n) is 11.4. The molecule has 0 saturated heterocycles. The molecule has 2 rings (SSSR count). The maximum atomic E-state index is 12.9. The van der Waals surface area contributed by atoms with Crippen molar-refractivity contribution in [3.63, 3.8) is 0 Å². The standard InChI is InChI=1S/C29H46O3Si/c1-10-11-12-13-23-15-17-25(26-18-22(4)14-16-24(26)21(2)3)27(19-23)32-28(30)20-31-33(8,9)29(5,6)7/h15,17-19,24,26H,2,10-14,16,20H2,1,3-9H3/t24-,26+/m0/s1. The van der Waals surface area contributed by atoms with Crippen molar-refractivity contribution in [3.05, 3.63) is 53.1 Å². The van der Waals surface area contributed by atoms with Crippen molar-refractivity contribution in [2.24, 2.45) is 5.92 Å². The van der Waals surface area contributed by atoms with Gasteiger partial charge >= 0.3 is 5.97 Å². The Morgan fingerprint density at radius 2 is 1.91 bits per heavy atom. The number of esters is 1. The average Bonchev–Trinajstić information content (AvgIpc) is 2.71. The number of allylic oxidation sites excluding steroid dienone is 3. The predicted molar refractivity (Wildman–Crippen MR) is 142 cm³/mol. The molecule has 0 saturated carbocycles. The summed E-state index contributed by atoms with van der Waals surface area (Å²) < 4.78 is 12.2. The Bertz CT molecular complexity index is 860. The number of hydrogen-bond acceptors (Lipinski definition) is 3. The van der Waals surface area contributed by atoms with Crippen LogP contribution in [0.25, 0.3) is 0 Å². The molecule has 0 fully saturated rings. The SMILES string of the molecule is C=C(C)[C@@H]1CCC(C)=C[C@H]1c1ccc(CCCCC)cc1OC(=O)CO[Si](C)(C)C(C)(C)C. The van der Waals surface area contributed by atoms with Gasteiger partial charge in [-0.15, -0.1) is 0 Å². The van der Waals surface area contributed by atoms with E-state index in [1.54, 1.807) is 0 Å². The van der Waals surface area contributed by atoms with Crippen LogP contribution in [0, 0.1) is 5.92 Å². The Morgan fingerprint density at radius 1 is 1.21 bits per heavy atom. The van der Waals surface area contributed by atoms with Crippen molar-refractivity contribution in [3.8, 4) is 5.75 Å². The second-order valence-corrected chi connectivity index (χ2v) is 16.2. The number of aryl methyl sites for hydroxylation is 1. The highest BCUT2D eigenvalue weighted by atomic mass is 28.4. The Hall–Kier alpha value is -1.65. The number of unbranched alkanes of at least 4 members (excludes halogenated alkanes) is 2. The van der Waals surface area contributed by atoms with E-state index in [0.29, 0.717) is 11.7 Å². The largest absolute Gasteiger partial charge is 0.425 e. The molecule has 0 spiro atoms. The summed E-state index contributed by atoms with van der Waals surface area (Å²) in [5.41, 5.74) is 4.89. The van der Waals surface area contributed by atoms with Crippen molar-refractivity contribution in [1.29, 1.82) is 0 Å². The van der Waals surface area contributed by atoms with E-state index in [4.69, 9.17) is 9.16 Å². The first-order valence-corrected chi connectivity index (χ1v) is 15.6. The Morgan fingerprint density at radius 3 is 2.52 bits per heavy atom. The van der Waals surface area contributed by atoms with Crippen LogP contribution in [0.3, 0.4) is 0 Å². The van der Waals surface area contributed by atoms with Crippen LogP contribution in [-0.4, -0.2) is 20.9 Å². The van der Waals surface area contributed by atoms with Gasteiger partial charge in [0.25, 0.3) is 0 Å². The van der Waals surface area contributed by atoms with Gasteiger partial charge in [-0.1, -0.05) is 76.5 Å². The highest BCUT2D eigenvalue weighted by Crippen LogP contribution is 2.43. The third-order valence-electron chi connectivity index (χ3n) is 7.47. The lowest BCUT2D eigenvalue weighted by Crippen LogP contribution is -2.42. The van der Waals surface area contributed by atoms with Crippen LogP contribution in [0.4, 0.5) is 0 Å². The summed E-state index contributed by atoms with van der Waals surface area (Å²) in [4.78, 5) is 12.9.